The van der Waals surface area contributed by atoms with E-state index in [2.05, 4.69) is 10.0 Å². The van der Waals surface area contributed by atoms with Crippen LogP contribution in [0.15, 0.2) is 48.5 Å². The molecule has 1 amide bonds. The molecule has 0 aliphatic carbocycles. The van der Waals surface area contributed by atoms with E-state index in [0.717, 1.165) is 23.2 Å². The number of aryl methyl sites for hydroxylation is 1. The second kappa shape index (κ2) is 6.52. The van der Waals surface area contributed by atoms with E-state index >= 15 is 0 Å². The molecule has 0 atom stereocenters. The summed E-state index contributed by atoms with van der Waals surface area (Å²) in [6.07, 6.45) is 1.27. The molecular weight excluding hydrogens is 336 g/mol. The molecule has 0 bridgehead atoms. The molecular formula is C19H22N2O3S. The predicted octanol–water partition coefficient (Wildman–Crippen LogP) is 3.29. The SMILES string of the molecule is CC1(C)C(=O)Nc2ccc(NS(=O)(=O)CCCc3ccccc3)cc21. The number of sulfonamides is 1. The molecule has 2 N–H and O–H groups in total. The summed E-state index contributed by atoms with van der Waals surface area (Å²) in [6.45, 7) is 3.65. The van der Waals surface area contributed by atoms with Crippen LogP contribution in [-0.4, -0.2) is 20.1 Å². The van der Waals surface area contributed by atoms with Crippen LogP contribution in [0.2, 0.25) is 0 Å². The Hall–Kier alpha value is -2.34. The van der Waals surface area contributed by atoms with E-state index in [1.165, 1.54) is 0 Å². The van der Waals surface area contributed by atoms with Gasteiger partial charge in [-0.05, 0) is 56.0 Å². The maximum absolute atomic E-state index is 12.3. The maximum atomic E-state index is 12.3. The van der Waals surface area contributed by atoms with Gasteiger partial charge in [0, 0.05) is 11.4 Å². The van der Waals surface area contributed by atoms with Gasteiger partial charge in [0.05, 0.1) is 11.2 Å². The number of carbonyl (C=O) groups excluding carboxylic acids is 1. The first-order valence-corrected chi connectivity index (χ1v) is 9.93. The van der Waals surface area contributed by atoms with Gasteiger partial charge in [0.25, 0.3) is 0 Å². The molecule has 1 aliphatic rings. The smallest absolute Gasteiger partial charge is 0.234 e. The molecule has 0 unspecified atom stereocenters. The summed E-state index contributed by atoms with van der Waals surface area (Å²) < 4.78 is 27.3. The fraction of sp³-hybridized carbons (Fsp3) is 0.316. The minimum absolute atomic E-state index is 0.0551. The summed E-state index contributed by atoms with van der Waals surface area (Å²) in [5.41, 5.74) is 2.50. The second-order valence-corrected chi connectivity index (χ2v) is 8.69. The first kappa shape index (κ1) is 17.5. The van der Waals surface area contributed by atoms with E-state index in [-0.39, 0.29) is 11.7 Å². The van der Waals surface area contributed by atoms with Crippen molar-refractivity contribution in [3.63, 3.8) is 0 Å². The lowest BCUT2D eigenvalue weighted by atomic mass is 9.86. The van der Waals surface area contributed by atoms with Gasteiger partial charge in [-0.3, -0.25) is 9.52 Å². The Kier molecular flexibility index (Phi) is 4.56. The van der Waals surface area contributed by atoms with Gasteiger partial charge in [0.15, 0.2) is 0 Å². The zero-order valence-corrected chi connectivity index (χ0v) is 15.2. The summed E-state index contributed by atoms with van der Waals surface area (Å²) in [6, 6.07) is 15.0. The Morgan fingerprint density at radius 3 is 2.52 bits per heavy atom. The number of carbonyl (C=O) groups is 1. The van der Waals surface area contributed by atoms with E-state index < -0.39 is 15.4 Å². The lowest BCUT2D eigenvalue weighted by Gasteiger charge is -2.16. The van der Waals surface area contributed by atoms with Gasteiger partial charge >= 0.3 is 0 Å². The molecule has 3 rings (SSSR count). The fourth-order valence-electron chi connectivity index (χ4n) is 2.98. The van der Waals surface area contributed by atoms with Crippen molar-refractivity contribution < 1.29 is 13.2 Å². The zero-order valence-electron chi connectivity index (χ0n) is 14.4. The van der Waals surface area contributed by atoms with E-state index in [1.54, 1.807) is 18.2 Å². The molecule has 6 heteroatoms. The van der Waals surface area contributed by atoms with Crippen molar-refractivity contribution in [2.24, 2.45) is 0 Å². The first-order chi connectivity index (χ1) is 11.8. The van der Waals surface area contributed by atoms with E-state index in [4.69, 9.17) is 0 Å². The minimum atomic E-state index is -3.43. The Labute approximate surface area is 148 Å². The third-order valence-electron chi connectivity index (χ3n) is 4.50. The monoisotopic (exact) mass is 358 g/mol. The zero-order chi connectivity index (χ0) is 18.1. The van der Waals surface area contributed by atoms with Crippen molar-refractivity contribution in [3.8, 4) is 0 Å². The summed E-state index contributed by atoms with van der Waals surface area (Å²) in [5.74, 6) is -0.0233. The average molecular weight is 358 g/mol. The highest BCUT2D eigenvalue weighted by Gasteiger charge is 2.38. The second-order valence-electron chi connectivity index (χ2n) is 6.85. The van der Waals surface area contributed by atoms with Crippen LogP contribution >= 0.6 is 0 Å². The van der Waals surface area contributed by atoms with Gasteiger partial charge in [0.2, 0.25) is 15.9 Å². The molecule has 0 saturated heterocycles. The number of fused-ring (bicyclic) bond motifs is 1. The van der Waals surface area contributed by atoms with Crippen LogP contribution in [0.4, 0.5) is 11.4 Å². The molecule has 2 aromatic rings. The van der Waals surface area contributed by atoms with Crippen molar-refractivity contribution in [3.05, 3.63) is 59.7 Å². The summed E-state index contributed by atoms with van der Waals surface area (Å²) >= 11 is 0. The third kappa shape index (κ3) is 3.85. The molecule has 2 aromatic carbocycles. The number of nitrogens with one attached hydrogen (secondary N) is 2. The van der Waals surface area contributed by atoms with Crippen LogP contribution in [-0.2, 0) is 26.7 Å². The normalized spacial score (nSPS) is 15.5. The highest BCUT2D eigenvalue weighted by atomic mass is 32.2. The van der Waals surface area contributed by atoms with Crippen LogP contribution in [0.1, 0.15) is 31.4 Å². The number of rotatable bonds is 6. The van der Waals surface area contributed by atoms with Crippen LogP contribution < -0.4 is 10.0 Å². The molecule has 0 radical (unpaired) electrons. The molecule has 0 aromatic heterocycles. The van der Waals surface area contributed by atoms with E-state index in [0.29, 0.717) is 12.1 Å². The first-order valence-electron chi connectivity index (χ1n) is 8.28. The van der Waals surface area contributed by atoms with Crippen molar-refractivity contribution in [1.29, 1.82) is 0 Å². The lowest BCUT2D eigenvalue weighted by Crippen LogP contribution is -2.27. The van der Waals surface area contributed by atoms with Crippen LogP contribution in [0.3, 0.4) is 0 Å². The van der Waals surface area contributed by atoms with Crippen molar-refractivity contribution in [2.75, 3.05) is 15.8 Å². The van der Waals surface area contributed by atoms with Gasteiger partial charge < -0.3 is 5.32 Å². The highest BCUT2D eigenvalue weighted by molar-refractivity contribution is 7.92. The van der Waals surface area contributed by atoms with Gasteiger partial charge in [-0.2, -0.15) is 0 Å². The Bertz CT molecular complexity index is 890. The fourth-order valence-corrected chi connectivity index (χ4v) is 4.09. The molecule has 1 aliphatic heterocycles. The van der Waals surface area contributed by atoms with Gasteiger partial charge in [-0.1, -0.05) is 30.3 Å². The topological polar surface area (TPSA) is 75.3 Å². The largest absolute Gasteiger partial charge is 0.325 e. The molecule has 5 nitrogen and oxygen atoms in total. The molecule has 25 heavy (non-hydrogen) atoms. The molecule has 0 saturated carbocycles. The van der Waals surface area contributed by atoms with Crippen molar-refractivity contribution in [1.82, 2.24) is 0 Å². The van der Waals surface area contributed by atoms with Gasteiger partial charge in [0.1, 0.15) is 0 Å². The molecule has 132 valence electrons. The molecule has 0 fully saturated rings. The molecule has 1 heterocycles. The van der Waals surface area contributed by atoms with Crippen LogP contribution in [0.5, 0.6) is 0 Å². The van der Waals surface area contributed by atoms with Crippen molar-refractivity contribution in [2.45, 2.75) is 32.1 Å². The number of hydrogen-bond acceptors (Lipinski definition) is 3. The van der Waals surface area contributed by atoms with Crippen LogP contribution in [0.25, 0.3) is 0 Å². The maximum Gasteiger partial charge on any atom is 0.234 e. The standard InChI is InChI=1S/C19H22N2O3S/c1-19(2)16-13-15(10-11-17(16)20-18(19)22)21-25(23,24)12-6-9-14-7-4-3-5-8-14/h3-5,7-8,10-11,13,21H,6,9,12H2,1-2H3,(H,20,22). The Morgan fingerprint density at radius 2 is 1.80 bits per heavy atom. The minimum Gasteiger partial charge on any atom is -0.325 e. The van der Waals surface area contributed by atoms with Gasteiger partial charge in [-0.25, -0.2) is 8.42 Å². The Morgan fingerprint density at radius 1 is 1.08 bits per heavy atom. The number of amides is 1. The van der Waals surface area contributed by atoms with Crippen LogP contribution in [0, 0.1) is 0 Å². The summed E-state index contributed by atoms with van der Waals surface area (Å²) in [4.78, 5) is 12.0. The third-order valence-corrected chi connectivity index (χ3v) is 5.88. The summed E-state index contributed by atoms with van der Waals surface area (Å²) in [5, 5.41) is 2.81. The number of hydrogen-bond donors (Lipinski definition) is 2. The number of benzene rings is 2. The lowest BCUT2D eigenvalue weighted by molar-refractivity contribution is -0.119. The number of anilines is 2. The quantitative estimate of drug-likeness (QED) is 0.832. The van der Waals surface area contributed by atoms with E-state index in [1.807, 2.05) is 44.2 Å². The highest BCUT2D eigenvalue weighted by Crippen LogP contribution is 2.38. The van der Waals surface area contributed by atoms with E-state index in [9.17, 15) is 13.2 Å². The van der Waals surface area contributed by atoms with Gasteiger partial charge in [-0.15, -0.1) is 0 Å². The van der Waals surface area contributed by atoms with Crippen molar-refractivity contribution >= 4 is 27.3 Å². The summed E-state index contributed by atoms with van der Waals surface area (Å²) in [7, 11) is -3.43. The average Bonchev–Trinajstić information content (AvgIpc) is 2.78. The Balaban J connectivity index is 1.66. The molecule has 0 spiro atoms. The predicted molar refractivity (Wildman–Crippen MR) is 100 cm³/mol.